The zero-order valence-corrected chi connectivity index (χ0v) is 11.1. The molecule has 1 aliphatic rings. The van der Waals surface area contributed by atoms with Crippen molar-refractivity contribution in [1.82, 2.24) is 5.32 Å². The first-order valence-corrected chi connectivity index (χ1v) is 6.74. The van der Waals surface area contributed by atoms with Crippen LogP contribution in [0.4, 0.5) is 0 Å². The zero-order chi connectivity index (χ0) is 13.2. The predicted octanol–water partition coefficient (Wildman–Crippen LogP) is 2.17. The predicted molar refractivity (Wildman–Crippen MR) is 72.9 cm³/mol. The third kappa shape index (κ3) is 2.27. The standard InChI is InChI=1S/C15H22N2O/c1-3-11(2)17-15(14(16)18,13-9-10-13)12-7-5-4-6-8-12/h4-8,11,13,17H,3,9-10H2,1-2H3,(H2,16,18). The van der Waals surface area contributed by atoms with Crippen molar-refractivity contribution in [3.8, 4) is 0 Å². The molecule has 2 atom stereocenters. The van der Waals surface area contributed by atoms with Crippen molar-refractivity contribution in [3.63, 3.8) is 0 Å². The Hall–Kier alpha value is -1.35. The van der Waals surface area contributed by atoms with E-state index in [0.29, 0.717) is 5.92 Å². The minimum atomic E-state index is -0.684. The molecule has 3 N–H and O–H groups in total. The first kappa shape index (κ1) is 13.1. The average Bonchev–Trinajstić information content (AvgIpc) is 3.21. The minimum absolute atomic E-state index is 0.253. The lowest BCUT2D eigenvalue weighted by Gasteiger charge is -2.35. The van der Waals surface area contributed by atoms with Crippen molar-refractivity contribution in [2.24, 2.45) is 11.7 Å². The van der Waals surface area contributed by atoms with Gasteiger partial charge in [0.1, 0.15) is 5.54 Å². The molecule has 1 amide bonds. The molecule has 1 aromatic rings. The molecular weight excluding hydrogens is 224 g/mol. The summed E-state index contributed by atoms with van der Waals surface area (Å²) < 4.78 is 0. The molecule has 1 aromatic carbocycles. The van der Waals surface area contributed by atoms with Crippen molar-refractivity contribution in [2.75, 3.05) is 0 Å². The third-order valence-corrected chi connectivity index (χ3v) is 3.89. The van der Waals surface area contributed by atoms with Crippen LogP contribution in [-0.4, -0.2) is 11.9 Å². The minimum Gasteiger partial charge on any atom is -0.368 e. The second-order valence-electron chi connectivity index (χ2n) is 5.27. The molecule has 0 saturated heterocycles. The van der Waals surface area contributed by atoms with Crippen molar-refractivity contribution < 1.29 is 4.79 Å². The number of nitrogens with one attached hydrogen (secondary N) is 1. The lowest BCUT2D eigenvalue weighted by atomic mass is 9.83. The van der Waals surface area contributed by atoms with Gasteiger partial charge < -0.3 is 5.73 Å². The summed E-state index contributed by atoms with van der Waals surface area (Å²) in [5, 5.41) is 3.48. The van der Waals surface area contributed by atoms with E-state index in [2.05, 4.69) is 19.2 Å². The fourth-order valence-electron chi connectivity index (χ4n) is 2.56. The van der Waals surface area contributed by atoms with Crippen LogP contribution in [0.15, 0.2) is 30.3 Å². The van der Waals surface area contributed by atoms with E-state index < -0.39 is 5.54 Å². The maximum atomic E-state index is 12.1. The van der Waals surface area contributed by atoms with Crippen molar-refractivity contribution in [2.45, 2.75) is 44.7 Å². The summed E-state index contributed by atoms with van der Waals surface area (Å²) in [4.78, 5) is 12.1. The summed E-state index contributed by atoms with van der Waals surface area (Å²) in [6, 6.07) is 10.2. The van der Waals surface area contributed by atoms with Gasteiger partial charge in [-0.05, 0) is 37.7 Å². The number of hydrogen-bond donors (Lipinski definition) is 2. The molecule has 0 aromatic heterocycles. The van der Waals surface area contributed by atoms with Crippen molar-refractivity contribution in [3.05, 3.63) is 35.9 Å². The first-order valence-electron chi connectivity index (χ1n) is 6.74. The van der Waals surface area contributed by atoms with Gasteiger partial charge in [-0.3, -0.25) is 10.1 Å². The number of nitrogens with two attached hydrogens (primary N) is 1. The fraction of sp³-hybridized carbons (Fsp3) is 0.533. The van der Waals surface area contributed by atoms with E-state index in [-0.39, 0.29) is 11.9 Å². The van der Waals surface area contributed by atoms with Gasteiger partial charge in [0.25, 0.3) is 0 Å². The topological polar surface area (TPSA) is 55.1 Å². The van der Waals surface area contributed by atoms with Crippen LogP contribution in [0.1, 0.15) is 38.7 Å². The fourth-order valence-corrected chi connectivity index (χ4v) is 2.56. The molecule has 0 radical (unpaired) electrons. The van der Waals surface area contributed by atoms with Gasteiger partial charge in [0.15, 0.2) is 0 Å². The Labute approximate surface area is 109 Å². The second kappa shape index (κ2) is 5.11. The molecule has 98 valence electrons. The van der Waals surface area contributed by atoms with E-state index >= 15 is 0 Å². The van der Waals surface area contributed by atoms with Crippen LogP contribution >= 0.6 is 0 Å². The summed E-state index contributed by atoms with van der Waals surface area (Å²) in [7, 11) is 0. The van der Waals surface area contributed by atoms with Crippen LogP contribution in [0.2, 0.25) is 0 Å². The van der Waals surface area contributed by atoms with Crippen LogP contribution in [0.25, 0.3) is 0 Å². The maximum Gasteiger partial charge on any atom is 0.242 e. The molecule has 2 rings (SSSR count). The highest BCUT2D eigenvalue weighted by atomic mass is 16.1. The number of rotatable bonds is 6. The highest BCUT2D eigenvalue weighted by molar-refractivity contribution is 5.87. The van der Waals surface area contributed by atoms with E-state index in [1.54, 1.807) is 0 Å². The van der Waals surface area contributed by atoms with Gasteiger partial charge in [0, 0.05) is 6.04 Å². The lowest BCUT2D eigenvalue weighted by molar-refractivity contribution is -0.126. The Balaban J connectivity index is 2.40. The summed E-state index contributed by atoms with van der Waals surface area (Å²) >= 11 is 0. The highest BCUT2D eigenvalue weighted by Gasteiger charge is 2.51. The monoisotopic (exact) mass is 246 g/mol. The SMILES string of the molecule is CCC(C)NC(C(N)=O)(c1ccccc1)C1CC1. The molecule has 0 spiro atoms. The van der Waals surface area contributed by atoms with Crippen LogP contribution in [-0.2, 0) is 10.3 Å². The first-order chi connectivity index (χ1) is 8.61. The van der Waals surface area contributed by atoms with E-state index in [0.717, 1.165) is 24.8 Å². The third-order valence-electron chi connectivity index (χ3n) is 3.89. The number of amides is 1. The second-order valence-corrected chi connectivity index (χ2v) is 5.27. The van der Waals surface area contributed by atoms with Gasteiger partial charge in [0.05, 0.1) is 0 Å². The van der Waals surface area contributed by atoms with E-state index in [1.165, 1.54) is 0 Å². The van der Waals surface area contributed by atoms with Crippen molar-refractivity contribution in [1.29, 1.82) is 0 Å². The molecule has 3 heteroatoms. The molecule has 3 nitrogen and oxygen atoms in total. The lowest BCUT2D eigenvalue weighted by Crippen LogP contribution is -2.57. The smallest absolute Gasteiger partial charge is 0.242 e. The van der Waals surface area contributed by atoms with Crippen LogP contribution in [0, 0.1) is 5.92 Å². The van der Waals surface area contributed by atoms with E-state index in [4.69, 9.17) is 5.73 Å². The number of benzene rings is 1. The normalized spacial score (nSPS) is 20.1. The molecule has 0 bridgehead atoms. The summed E-state index contributed by atoms with van der Waals surface area (Å²) in [5.41, 5.74) is 6.06. The quantitative estimate of drug-likeness (QED) is 0.808. The number of carbonyl (C=O) groups excluding carboxylic acids is 1. The molecule has 18 heavy (non-hydrogen) atoms. The average molecular weight is 246 g/mol. The molecule has 1 aliphatic carbocycles. The van der Waals surface area contributed by atoms with Gasteiger partial charge in [-0.2, -0.15) is 0 Å². The molecule has 0 aliphatic heterocycles. The number of primary amides is 1. The van der Waals surface area contributed by atoms with E-state index in [9.17, 15) is 4.79 Å². The Bertz CT molecular complexity index is 414. The van der Waals surface area contributed by atoms with Gasteiger partial charge >= 0.3 is 0 Å². The number of hydrogen-bond acceptors (Lipinski definition) is 2. The van der Waals surface area contributed by atoms with Crippen LogP contribution in [0.3, 0.4) is 0 Å². The van der Waals surface area contributed by atoms with Gasteiger partial charge in [0.2, 0.25) is 5.91 Å². The molecular formula is C15H22N2O. The zero-order valence-electron chi connectivity index (χ0n) is 11.1. The highest BCUT2D eigenvalue weighted by Crippen LogP contribution is 2.46. The Morgan fingerprint density at radius 3 is 2.50 bits per heavy atom. The Morgan fingerprint density at radius 2 is 2.06 bits per heavy atom. The summed E-state index contributed by atoms with van der Waals surface area (Å²) in [5.74, 6) is 0.0860. The van der Waals surface area contributed by atoms with Crippen LogP contribution < -0.4 is 11.1 Å². The van der Waals surface area contributed by atoms with E-state index in [1.807, 2.05) is 30.3 Å². The molecule has 1 fully saturated rings. The van der Waals surface area contributed by atoms with Crippen molar-refractivity contribution >= 4 is 5.91 Å². The Kier molecular flexibility index (Phi) is 3.71. The molecule has 1 saturated carbocycles. The molecule has 0 heterocycles. The molecule has 2 unspecified atom stereocenters. The maximum absolute atomic E-state index is 12.1. The largest absolute Gasteiger partial charge is 0.368 e. The van der Waals surface area contributed by atoms with Gasteiger partial charge in [-0.1, -0.05) is 37.3 Å². The number of carbonyl (C=O) groups is 1. The van der Waals surface area contributed by atoms with Gasteiger partial charge in [-0.15, -0.1) is 0 Å². The van der Waals surface area contributed by atoms with Crippen LogP contribution in [0.5, 0.6) is 0 Å². The van der Waals surface area contributed by atoms with Gasteiger partial charge in [-0.25, -0.2) is 0 Å². The Morgan fingerprint density at radius 1 is 1.44 bits per heavy atom. The summed E-state index contributed by atoms with van der Waals surface area (Å²) in [6.07, 6.45) is 3.12. The summed E-state index contributed by atoms with van der Waals surface area (Å²) in [6.45, 7) is 4.21.